The van der Waals surface area contributed by atoms with E-state index in [0.29, 0.717) is 0 Å². The topological polar surface area (TPSA) is 0 Å². The molecule has 16 heavy (non-hydrogen) atoms. The van der Waals surface area contributed by atoms with Crippen molar-refractivity contribution in [3.63, 3.8) is 0 Å². The molecule has 0 unspecified atom stereocenters. The average molecular weight is 332 g/mol. The lowest BCUT2D eigenvalue weighted by Crippen LogP contribution is -2.44. The van der Waals surface area contributed by atoms with Gasteiger partial charge in [0, 0.05) is 4.50 Å². The Morgan fingerprint density at radius 2 is 1.38 bits per heavy atom. The minimum absolute atomic E-state index is 0.986. The zero-order valence-electron chi connectivity index (χ0n) is 9.82. The molecule has 0 radical (unpaired) electrons. The zero-order valence-corrected chi connectivity index (χ0v) is 14.9. The lowest BCUT2D eigenvalue weighted by Gasteiger charge is -2.26. The molecule has 0 aliphatic heterocycles. The molecule has 0 fully saturated rings. The number of hydrogen-bond donors (Lipinski definition) is 0. The number of halogens is 3. The molecular weight excluding hydrogens is 315 g/mol. The third-order valence-corrected chi connectivity index (χ3v) is 15.8. The molecule has 6 heteroatoms. The largest absolute Gasteiger partial charge is 0.383 e. The van der Waals surface area contributed by atoms with Crippen molar-refractivity contribution < 1.29 is 0 Å². The third kappa shape index (κ3) is 3.06. The predicted molar refractivity (Wildman–Crippen MR) is 84.1 cm³/mol. The molecule has 0 N–H and O–H groups in total. The standard InChI is InChI=1S/C10H17Cl3SSi2/c1-4-15(5-2,6-3)9-7-8-10(14-9)16(11,12)13/h7-8H,4-6H2,1-3H3. The lowest BCUT2D eigenvalue weighted by atomic mass is 10.7. The van der Waals surface area contributed by atoms with Crippen LogP contribution in [0, 0.1) is 0 Å². The predicted octanol–water partition coefficient (Wildman–Crippen LogP) is 4.33. The van der Waals surface area contributed by atoms with E-state index in [1.54, 1.807) is 11.3 Å². The van der Waals surface area contributed by atoms with Crippen LogP contribution in [0.1, 0.15) is 20.8 Å². The molecule has 0 aliphatic carbocycles. The first-order valence-corrected chi connectivity index (χ1v) is 14.0. The zero-order chi connectivity index (χ0) is 12.4. The summed E-state index contributed by atoms with van der Waals surface area (Å²) in [5, 5.41) is 0. The Morgan fingerprint density at radius 3 is 1.69 bits per heavy atom. The van der Waals surface area contributed by atoms with Gasteiger partial charge in [-0.25, -0.2) is 0 Å². The molecule has 0 aromatic carbocycles. The van der Waals surface area contributed by atoms with E-state index in [4.69, 9.17) is 33.2 Å². The maximum absolute atomic E-state index is 6.05. The van der Waals surface area contributed by atoms with Crippen LogP contribution in [0.2, 0.25) is 18.1 Å². The highest BCUT2D eigenvalue weighted by atomic mass is 35.8. The van der Waals surface area contributed by atoms with Gasteiger partial charge in [-0.2, -0.15) is 11.3 Å². The van der Waals surface area contributed by atoms with Gasteiger partial charge in [0.05, 0.1) is 8.07 Å². The smallest absolute Gasteiger partial charge is 0.151 e. The highest BCUT2D eigenvalue weighted by molar-refractivity contribution is 7.73. The molecule has 0 bridgehead atoms. The molecule has 1 heterocycles. The summed E-state index contributed by atoms with van der Waals surface area (Å²) < 4.78 is 2.49. The van der Waals surface area contributed by atoms with E-state index in [9.17, 15) is 0 Å². The Labute approximate surface area is 118 Å². The van der Waals surface area contributed by atoms with Gasteiger partial charge in [0.1, 0.15) is 0 Å². The molecular formula is C10H17Cl3SSi2. The van der Waals surface area contributed by atoms with Gasteiger partial charge in [-0.1, -0.05) is 45.0 Å². The SMILES string of the molecule is CC[Si](CC)(CC)c1ccc([Si](Cl)(Cl)Cl)s1. The fourth-order valence-corrected chi connectivity index (χ4v) is 11.0. The maximum atomic E-state index is 6.05. The van der Waals surface area contributed by atoms with Crippen LogP contribution in [-0.4, -0.2) is 14.1 Å². The third-order valence-electron chi connectivity index (χ3n) is 3.44. The van der Waals surface area contributed by atoms with Crippen LogP contribution in [0.3, 0.4) is 0 Å². The molecule has 0 nitrogen and oxygen atoms in total. The minimum atomic E-state index is -2.67. The molecule has 0 saturated heterocycles. The van der Waals surface area contributed by atoms with E-state index in [0.717, 1.165) is 4.50 Å². The van der Waals surface area contributed by atoms with Crippen molar-refractivity contribution >= 4 is 67.7 Å². The Balaban J connectivity index is 3.09. The second-order valence-electron chi connectivity index (χ2n) is 4.00. The lowest BCUT2D eigenvalue weighted by molar-refractivity contribution is 1.20. The molecule has 1 aromatic rings. The molecule has 0 atom stereocenters. The van der Waals surface area contributed by atoms with Crippen LogP contribution in [0.15, 0.2) is 12.1 Å². The van der Waals surface area contributed by atoms with Gasteiger partial charge in [-0.15, -0.1) is 33.2 Å². The molecule has 0 spiro atoms. The summed E-state index contributed by atoms with van der Waals surface area (Å²) in [6.45, 7) is 6.89. The molecule has 1 rings (SSSR count). The fourth-order valence-electron chi connectivity index (χ4n) is 2.05. The highest BCUT2D eigenvalue weighted by Gasteiger charge is 2.35. The van der Waals surface area contributed by atoms with Gasteiger partial charge in [0.2, 0.25) is 0 Å². The maximum Gasteiger partial charge on any atom is 0.383 e. The van der Waals surface area contributed by atoms with Crippen LogP contribution < -0.4 is 9.00 Å². The van der Waals surface area contributed by atoms with E-state index >= 15 is 0 Å². The first-order chi connectivity index (χ1) is 7.39. The van der Waals surface area contributed by atoms with Gasteiger partial charge in [-0.05, 0) is 10.6 Å². The first-order valence-electron chi connectivity index (χ1n) is 5.57. The number of rotatable bonds is 5. The highest BCUT2D eigenvalue weighted by Crippen LogP contribution is 2.26. The first kappa shape index (κ1) is 15.1. The summed E-state index contributed by atoms with van der Waals surface area (Å²) in [7, 11) is -1.29. The van der Waals surface area contributed by atoms with Crippen LogP contribution in [-0.2, 0) is 0 Å². The monoisotopic (exact) mass is 330 g/mol. The van der Waals surface area contributed by atoms with Crippen LogP contribution in [0.5, 0.6) is 0 Å². The summed E-state index contributed by atoms with van der Waals surface area (Å²) in [5.74, 6) is 0. The summed E-state index contributed by atoms with van der Waals surface area (Å²) in [6, 6.07) is 5.40. The van der Waals surface area contributed by atoms with Gasteiger partial charge >= 0.3 is 6.00 Å². The van der Waals surface area contributed by atoms with Gasteiger partial charge in [0.15, 0.2) is 0 Å². The molecule has 0 amide bonds. The Bertz CT molecular complexity index is 334. The van der Waals surface area contributed by atoms with Crippen molar-refractivity contribution in [3.05, 3.63) is 12.1 Å². The summed E-state index contributed by atoms with van der Waals surface area (Å²) in [5.41, 5.74) is 0. The van der Waals surface area contributed by atoms with Gasteiger partial charge in [-0.3, -0.25) is 0 Å². The molecule has 0 saturated carbocycles. The van der Waals surface area contributed by atoms with E-state index in [1.807, 2.05) is 6.07 Å². The van der Waals surface area contributed by atoms with Gasteiger partial charge < -0.3 is 0 Å². The summed E-state index contributed by atoms with van der Waals surface area (Å²) in [6.07, 6.45) is 0. The summed E-state index contributed by atoms with van der Waals surface area (Å²) >= 11 is 19.9. The summed E-state index contributed by atoms with van der Waals surface area (Å²) in [4.78, 5) is 0. The quantitative estimate of drug-likeness (QED) is 0.556. The molecule has 0 aliphatic rings. The van der Waals surface area contributed by atoms with Crippen molar-refractivity contribution in [3.8, 4) is 0 Å². The van der Waals surface area contributed by atoms with E-state index < -0.39 is 14.1 Å². The number of thiophene rings is 1. The van der Waals surface area contributed by atoms with Crippen LogP contribution >= 0.6 is 44.6 Å². The van der Waals surface area contributed by atoms with E-state index in [1.165, 1.54) is 22.6 Å². The molecule has 92 valence electrons. The van der Waals surface area contributed by atoms with E-state index in [-0.39, 0.29) is 0 Å². The van der Waals surface area contributed by atoms with Crippen molar-refractivity contribution in [2.24, 2.45) is 0 Å². The van der Waals surface area contributed by atoms with Crippen molar-refractivity contribution in [1.29, 1.82) is 0 Å². The Morgan fingerprint density at radius 1 is 0.938 bits per heavy atom. The second kappa shape index (κ2) is 5.76. The van der Waals surface area contributed by atoms with Crippen LogP contribution in [0.4, 0.5) is 0 Å². The average Bonchev–Trinajstić information content (AvgIpc) is 2.71. The van der Waals surface area contributed by atoms with Crippen LogP contribution in [0.25, 0.3) is 0 Å². The normalized spacial score (nSPS) is 13.1. The van der Waals surface area contributed by atoms with Crippen molar-refractivity contribution in [1.82, 2.24) is 0 Å². The second-order valence-corrected chi connectivity index (χ2v) is 19.4. The van der Waals surface area contributed by atoms with Crippen molar-refractivity contribution in [2.45, 2.75) is 38.9 Å². The Hall–Kier alpha value is 1.00. The van der Waals surface area contributed by atoms with Gasteiger partial charge in [0.25, 0.3) is 0 Å². The van der Waals surface area contributed by atoms with E-state index in [2.05, 4.69) is 26.8 Å². The van der Waals surface area contributed by atoms with Crippen molar-refractivity contribution in [2.75, 3.05) is 0 Å². The minimum Gasteiger partial charge on any atom is -0.151 e. The Kier molecular flexibility index (Phi) is 5.42. The number of hydrogen-bond acceptors (Lipinski definition) is 1. The fraction of sp³-hybridized carbons (Fsp3) is 0.600. The molecule has 1 aromatic heterocycles.